The Morgan fingerprint density at radius 1 is 1.11 bits per heavy atom. The van der Waals surface area contributed by atoms with Crippen molar-refractivity contribution in [2.24, 2.45) is 0 Å². The number of hydrogen-bond donors (Lipinski definition) is 0. The van der Waals surface area contributed by atoms with Gasteiger partial charge in [-0.2, -0.15) is 18.2 Å². The van der Waals surface area contributed by atoms with Crippen molar-refractivity contribution < 1.29 is 22.7 Å². The Labute approximate surface area is 160 Å². The van der Waals surface area contributed by atoms with Crippen LogP contribution in [-0.4, -0.2) is 53.6 Å². The second-order valence-electron chi connectivity index (χ2n) is 6.40. The van der Waals surface area contributed by atoms with E-state index in [0.29, 0.717) is 44.5 Å². The van der Waals surface area contributed by atoms with E-state index in [4.69, 9.17) is 4.74 Å². The van der Waals surface area contributed by atoms with Gasteiger partial charge < -0.3 is 14.5 Å². The van der Waals surface area contributed by atoms with Crippen LogP contribution in [0.2, 0.25) is 0 Å². The summed E-state index contributed by atoms with van der Waals surface area (Å²) < 4.78 is 43.4. The molecule has 0 radical (unpaired) electrons. The van der Waals surface area contributed by atoms with Crippen LogP contribution in [0.1, 0.15) is 28.7 Å². The third-order valence-corrected chi connectivity index (χ3v) is 4.44. The van der Waals surface area contributed by atoms with Gasteiger partial charge in [0.1, 0.15) is 11.6 Å². The third kappa shape index (κ3) is 4.52. The average molecular weight is 394 g/mol. The summed E-state index contributed by atoms with van der Waals surface area (Å²) in [6.45, 7) is 6.20. The molecule has 0 saturated carbocycles. The summed E-state index contributed by atoms with van der Waals surface area (Å²) in [5.41, 5.74) is -0.518. The van der Waals surface area contributed by atoms with Crippen molar-refractivity contribution in [2.45, 2.75) is 20.0 Å². The van der Waals surface area contributed by atoms with E-state index in [1.807, 2.05) is 11.8 Å². The summed E-state index contributed by atoms with van der Waals surface area (Å²) in [6.07, 6.45) is -4.41. The van der Waals surface area contributed by atoms with Gasteiger partial charge in [0.2, 0.25) is 5.88 Å². The second-order valence-corrected chi connectivity index (χ2v) is 6.40. The average Bonchev–Trinajstić information content (AvgIpc) is 2.67. The van der Waals surface area contributed by atoms with E-state index in [9.17, 15) is 18.0 Å². The molecular weight excluding hydrogens is 373 g/mol. The zero-order chi connectivity index (χ0) is 20.3. The molecule has 1 aliphatic rings. The van der Waals surface area contributed by atoms with Crippen molar-refractivity contribution in [3.05, 3.63) is 47.3 Å². The van der Waals surface area contributed by atoms with E-state index in [1.165, 1.54) is 12.1 Å². The molecule has 28 heavy (non-hydrogen) atoms. The molecule has 0 atom stereocenters. The maximum absolute atomic E-state index is 12.7. The minimum absolute atomic E-state index is 0.248. The fourth-order valence-corrected chi connectivity index (χ4v) is 3.03. The van der Waals surface area contributed by atoms with Crippen LogP contribution in [0.25, 0.3) is 0 Å². The van der Waals surface area contributed by atoms with Gasteiger partial charge in [-0.25, -0.2) is 4.98 Å². The fourth-order valence-electron chi connectivity index (χ4n) is 3.03. The van der Waals surface area contributed by atoms with Crippen LogP contribution in [-0.2, 0) is 6.18 Å². The molecule has 0 spiro atoms. The third-order valence-electron chi connectivity index (χ3n) is 4.44. The van der Waals surface area contributed by atoms with Crippen LogP contribution in [0.3, 0.4) is 0 Å². The van der Waals surface area contributed by atoms with E-state index < -0.39 is 11.7 Å². The van der Waals surface area contributed by atoms with Gasteiger partial charge in [-0.3, -0.25) is 4.79 Å². The molecule has 2 heterocycles. The van der Waals surface area contributed by atoms with Gasteiger partial charge in [0.25, 0.3) is 5.91 Å². The summed E-state index contributed by atoms with van der Waals surface area (Å²) in [5.74, 6) is 1.57. The lowest BCUT2D eigenvalue weighted by atomic mass is 10.1. The molecule has 150 valence electrons. The standard InChI is InChI=1S/C19H21F3N4O2/c1-3-28-17-12-16(23-13(2)24-17)25-8-10-26(11-9-25)18(27)14-4-6-15(7-5-14)19(20,21)22/h4-7,12H,3,8-11H2,1-2H3. The molecule has 9 heteroatoms. The van der Waals surface area contributed by atoms with Crippen LogP contribution < -0.4 is 9.64 Å². The predicted octanol–water partition coefficient (Wildman–Crippen LogP) is 3.16. The number of carbonyl (C=O) groups is 1. The van der Waals surface area contributed by atoms with Crippen molar-refractivity contribution in [3.63, 3.8) is 0 Å². The molecule has 0 unspecified atom stereocenters. The quantitative estimate of drug-likeness (QED) is 0.797. The van der Waals surface area contributed by atoms with Gasteiger partial charge >= 0.3 is 6.18 Å². The number of anilines is 1. The largest absolute Gasteiger partial charge is 0.478 e. The normalized spacial score (nSPS) is 14.9. The second kappa shape index (κ2) is 8.04. The number of amides is 1. The summed E-state index contributed by atoms with van der Waals surface area (Å²) in [7, 11) is 0. The number of nitrogens with zero attached hydrogens (tertiary/aromatic N) is 4. The maximum Gasteiger partial charge on any atom is 0.416 e. The number of ether oxygens (including phenoxy) is 1. The number of rotatable bonds is 4. The summed E-state index contributed by atoms with van der Waals surface area (Å²) >= 11 is 0. The van der Waals surface area contributed by atoms with E-state index in [1.54, 1.807) is 17.9 Å². The molecule has 1 aromatic heterocycles. The Hall–Kier alpha value is -2.84. The molecule has 3 rings (SSSR count). The van der Waals surface area contributed by atoms with Crippen molar-refractivity contribution in [1.29, 1.82) is 0 Å². The van der Waals surface area contributed by atoms with Gasteiger partial charge in [-0.05, 0) is 38.1 Å². The molecule has 2 aromatic rings. The highest BCUT2D eigenvalue weighted by Crippen LogP contribution is 2.29. The van der Waals surface area contributed by atoms with E-state index in [0.717, 1.165) is 18.0 Å². The molecular formula is C19H21F3N4O2. The predicted molar refractivity (Wildman–Crippen MR) is 97.5 cm³/mol. The first-order valence-corrected chi connectivity index (χ1v) is 8.98. The molecule has 1 fully saturated rings. The van der Waals surface area contributed by atoms with Crippen molar-refractivity contribution in [3.8, 4) is 5.88 Å². The van der Waals surface area contributed by atoms with Gasteiger partial charge in [0, 0.05) is 37.8 Å². The van der Waals surface area contributed by atoms with Gasteiger partial charge in [-0.15, -0.1) is 0 Å². The number of halogens is 3. The summed E-state index contributed by atoms with van der Waals surface area (Å²) in [4.78, 5) is 24.9. The Balaban J connectivity index is 1.64. The summed E-state index contributed by atoms with van der Waals surface area (Å²) in [6, 6.07) is 6.08. The van der Waals surface area contributed by atoms with Crippen LogP contribution >= 0.6 is 0 Å². The number of hydrogen-bond acceptors (Lipinski definition) is 5. The number of aromatic nitrogens is 2. The Morgan fingerprint density at radius 2 is 1.75 bits per heavy atom. The van der Waals surface area contributed by atoms with Crippen molar-refractivity contribution >= 4 is 11.7 Å². The Bertz CT molecular complexity index is 832. The van der Waals surface area contributed by atoms with Gasteiger partial charge in [-0.1, -0.05) is 0 Å². The highest BCUT2D eigenvalue weighted by atomic mass is 19.4. The number of piperazine rings is 1. The molecule has 1 aromatic carbocycles. The van der Waals surface area contributed by atoms with E-state index in [2.05, 4.69) is 9.97 Å². The zero-order valence-electron chi connectivity index (χ0n) is 15.7. The lowest BCUT2D eigenvalue weighted by Crippen LogP contribution is -2.49. The number of alkyl halides is 3. The van der Waals surface area contributed by atoms with E-state index >= 15 is 0 Å². The monoisotopic (exact) mass is 394 g/mol. The minimum atomic E-state index is -4.41. The minimum Gasteiger partial charge on any atom is -0.478 e. The molecule has 0 bridgehead atoms. The highest BCUT2D eigenvalue weighted by Gasteiger charge is 2.31. The molecule has 1 amide bonds. The first-order chi connectivity index (χ1) is 13.3. The van der Waals surface area contributed by atoms with Gasteiger partial charge in [0.05, 0.1) is 12.2 Å². The molecule has 6 nitrogen and oxygen atoms in total. The van der Waals surface area contributed by atoms with Crippen LogP contribution in [0.5, 0.6) is 5.88 Å². The number of carbonyl (C=O) groups excluding carboxylic acids is 1. The van der Waals surface area contributed by atoms with Crippen molar-refractivity contribution in [1.82, 2.24) is 14.9 Å². The van der Waals surface area contributed by atoms with Crippen LogP contribution in [0.15, 0.2) is 30.3 Å². The van der Waals surface area contributed by atoms with Crippen molar-refractivity contribution in [2.75, 3.05) is 37.7 Å². The van der Waals surface area contributed by atoms with Crippen LogP contribution in [0, 0.1) is 6.92 Å². The smallest absolute Gasteiger partial charge is 0.416 e. The SMILES string of the molecule is CCOc1cc(N2CCN(C(=O)c3ccc(C(F)(F)F)cc3)CC2)nc(C)n1. The highest BCUT2D eigenvalue weighted by molar-refractivity contribution is 5.94. The number of aryl methyl sites for hydroxylation is 1. The lowest BCUT2D eigenvalue weighted by molar-refractivity contribution is -0.137. The van der Waals surface area contributed by atoms with Crippen LogP contribution in [0.4, 0.5) is 19.0 Å². The lowest BCUT2D eigenvalue weighted by Gasteiger charge is -2.35. The van der Waals surface area contributed by atoms with Gasteiger partial charge in [0.15, 0.2) is 0 Å². The zero-order valence-corrected chi connectivity index (χ0v) is 15.7. The molecule has 1 aliphatic heterocycles. The first-order valence-electron chi connectivity index (χ1n) is 8.98. The number of benzene rings is 1. The Kier molecular flexibility index (Phi) is 5.71. The molecule has 0 aliphatic carbocycles. The molecule has 1 saturated heterocycles. The topological polar surface area (TPSA) is 58.6 Å². The fraction of sp³-hybridized carbons (Fsp3) is 0.421. The summed E-state index contributed by atoms with van der Waals surface area (Å²) in [5, 5.41) is 0. The first kappa shape index (κ1) is 19.9. The van der Waals surface area contributed by atoms with E-state index in [-0.39, 0.29) is 11.5 Å². The molecule has 0 N–H and O–H groups in total. The Morgan fingerprint density at radius 3 is 2.32 bits per heavy atom. The maximum atomic E-state index is 12.7.